The van der Waals surface area contributed by atoms with Crippen LogP contribution in [-0.2, 0) is 6.54 Å². The minimum Gasteiger partial charge on any atom is -0.490 e. The van der Waals surface area contributed by atoms with Crippen molar-refractivity contribution in [3.05, 3.63) is 47.8 Å². The Morgan fingerprint density at radius 1 is 1.22 bits per heavy atom. The molecule has 0 amide bonds. The molecule has 1 aliphatic rings. The van der Waals surface area contributed by atoms with E-state index >= 15 is 0 Å². The molecule has 2 heterocycles. The largest absolute Gasteiger partial charge is 0.490 e. The second-order valence-electron chi connectivity index (χ2n) is 5.41. The first-order chi connectivity index (χ1) is 11.2. The van der Waals surface area contributed by atoms with Gasteiger partial charge in [-0.25, -0.2) is 4.99 Å². The Labute approximate surface area is 135 Å². The van der Waals surface area contributed by atoms with Gasteiger partial charge in [-0.1, -0.05) is 6.07 Å². The van der Waals surface area contributed by atoms with Crippen molar-refractivity contribution in [3.8, 4) is 11.5 Å². The number of aryl methyl sites for hydroxylation is 1. The first-order valence-corrected chi connectivity index (χ1v) is 7.58. The first-order valence-electron chi connectivity index (χ1n) is 7.58. The fourth-order valence-corrected chi connectivity index (χ4v) is 2.31. The van der Waals surface area contributed by atoms with Gasteiger partial charge in [0.1, 0.15) is 0 Å². The summed E-state index contributed by atoms with van der Waals surface area (Å²) in [6.07, 6.45) is 4.48. The summed E-state index contributed by atoms with van der Waals surface area (Å²) in [4.78, 5) is 8.47. The zero-order valence-electron chi connectivity index (χ0n) is 13.1. The number of guanidine groups is 1. The van der Waals surface area contributed by atoms with E-state index in [-0.39, 0.29) is 0 Å². The third-order valence-electron chi connectivity index (χ3n) is 3.38. The van der Waals surface area contributed by atoms with Crippen LogP contribution in [0.25, 0.3) is 0 Å². The van der Waals surface area contributed by atoms with Gasteiger partial charge in [0.05, 0.1) is 19.8 Å². The number of fused-ring (bicyclic) bond motifs is 1. The van der Waals surface area contributed by atoms with Gasteiger partial charge in [0.25, 0.3) is 0 Å². The van der Waals surface area contributed by atoms with Gasteiger partial charge in [0, 0.05) is 30.6 Å². The van der Waals surface area contributed by atoms with Crippen molar-refractivity contribution in [2.45, 2.75) is 19.9 Å². The summed E-state index contributed by atoms with van der Waals surface area (Å²) in [5, 5.41) is 3.07. The molecule has 1 aromatic heterocycles. The van der Waals surface area contributed by atoms with E-state index < -0.39 is 0 Å². The molecule has 1 aliphatic heterocycles. The van der Waals surface area contributed by atoms with Crippen LogP contribution in [-0.4, -0.2) is 24.2 Å². The van der Waals surface area contributed by atoms with Crippen molar-refractivity contribution in [2.24, 2.45) is 10.7 Å². The summed E-state index contributed by atoms with van der Waals surface area (Å²) in [7, 11) is 0. The maximum absolute atomic E-state index is 5.94. The van der Waals surface area contributed by atoms with Crippen LogP contribution < -0.4 is 20.5 Å². The normalized spacial score (nSPS) is 14.2. The Morgan fingerprint density at radius 3 is 2.87 bits per heavy atom. The van der Waals surface area contributed by atoms with E-state index in [0.29, 0.717) is 25.7 Å². The molecule has 0 radical (unpaired) electrons. The fourth-order valence-electron chi connectivity index (χ4n) is 2.31. The van der Waals surface area contributed by atoms with E-state index in [1.54, 1.807) is 6.20 Å². The van der Waals surface area contributed by atoms with Crippen LogP contribution in [0.3, 0.4) is 0 Å². The van der Waals surface area contributed by atoms with E-state index in [2.05, 4.69) is 15.3 Å². The average molecular weight is 312 g/mol. The third-order valence-corrected chi connectivity index (χ3v) is 3.38. The van der Waals surface area contributed by atoms with E-state index in [9.17, 15) is 0 Å². The Bertz CT molecular complexity index is 715. The summed E-state index contributed by atoms with van der Waals surface area (Å²) in [6.45, 7) is 3.81. The van der Waals surface area contributed by atoms with E-state index in [0.717, 1.165) is 34.7 Å². The molecule has 1 aromatic carbocycles. The standard InChI is InChI=1S/C17H20N4O2/c1-12-7-13(10-19-9-12)11-20-17(18)21-14-3-4-15-16(8-14)23-6-2-5-22-15/h3-4,7-10H,2,5-6,11H2,1H3,(H3,18,20,21). The van der Waals surface area contributed by atoms with Crippen molar-refractivity contribution < 1.29 is 9.47 Å². The van der Waals surface area contributed by atoms with Crippen LogP contribution in [0, 0.1) is 6.92 Å². The van der Waals surface area contributed by atoms with Crippen molar-refractivity contribution in [3.63, 3.8) is 0 Å². The molecular weight excluding hydrogens is 292 g/mol. The number of ether oxygens (including phenoxy) is 2. The molecule has 3 rings (SSSR count). The smallest absolute Gasteiger partial charge is 0.193 e. The Balaban J connectivity index is 1.66. The van der Waals surface area contributed by atoms with Crippen LogP contribution in [0.15, 0.2) is 41.7 Å². The predicted octanol–water partition coefficient (Wildman–Crippen LogP) is 2.48. The number of nitrogens with two attached hydrogens (primary N) is 1. The molecule has 0 saturated heterocycles. The zero-order chi connectivity index (χ0) is 16.1. The summed E-state index contributed by atoms with van der Waals surface area (Å²) >= 11 is 0. The van der Waals surface area contributed by atoms with Crippen molar-refractivity contribution >= 4 is 11.6 Å². The minimum absolute atomic E-state index is 0.348. The number of aromatic nitrogens is 1. The number of nitrogens with zero attached hydrogens (tertiary/aromatic N) is 2. The number of benzene rings is 1. The van der Waals surface area contributed by atoms with Gasteiger partial charge < -0.3 is 20.5 Å². The van der Waals surface area contributed by atoms with Gasteiger partial charge in [-0.2, -0.15) is 0 Å². The van der Waals surface area contributed by atoms with Crippen molar-refractivity contribution in [2.75, 3.05) is 18.5 Å². The number of rotatable bonds is 3. The zero-order valence-corrected chi connectivity index (χ0v) is 13.1. The lowest BCUT2D eigenvalue weighted by atomic mass is 10.2. The molecule has 0 aliphatic carbocycles. The average Bonchev–Trinajstić information content (AvgIpc) is 2.78. The number of anilines is 1. The van der Waals surface area contributed by atoms with Gasteiger partial charge >= 0.3 is 0 Å². The highest BCUT2D eigenvalue weighted by molar-refractivity contribution is 5.92. The summed E-state index contributed by atoms with van der Waals surface area (Å²) in [5.41, 5.74) is 8.89. The van der Waals surface area contributed by atoms with E-state index in [4.69, 9.17) is 15.2 Å². The molecule has 2 aromatic rings. The summed E-state index contributed by atoms with van der Waals surface area (Å²) in [6, 6.07) is 7.68. The van der Waals surface area contributed by atoms with Gasteiger partial charge in [0.2, 0.25) is 0 Å². The number of hydrogen-bond acceptors (Lipinski definition) is 4. The number of hydrogen-bond donors (Lipinski definition) is 2. The number of aliphatic imine (C=N–C) groups is 1. The molecule has 0 fully saturated rings. The molecule has 3 N–H and O–H groups in total. The monoisotopic (exact) mass is 312 g/mol. The summed E-state index contributed by atoms with van der Waals surface area (Å²) in [5.74, 6) is 1.83. The number of pyridine rings is 1. The van der Waals surface area contributed by atoms with Crippen LogP contribution in [0.4, 0.5) is 5.69 Å². The minimum atomic E-state index is 0.348. The van der Waals surface area contributed by atoms with Crippen LogP contribution >= 0.6 is 0 Å². The Morgan fingerprint density at radius 2 is 2.04 bits per heavy atom. The lowest BCUT2D eigenvalue weighted by Gasteiger charge is -2.10. The van der Waals surface area contributed by atoms with Crippen LogP contribution in [0.5, 0.6) is 11.5 Å². The van der Waals surface area contributed by atoms with Gasteiger partial charge in [-0.3, -0.25) is 4.98 Å². The molecule has 120 valence electrons. The van der Waals surface area contributed by atoms with Crippen molar-refractivity contribution in [1.29, 1.82) is 0 Å². The molecule has 0 spiro atoms. The highest BCUT2D eigenvalue weighted by Crippen LogP contribution is 2.32. The quantitative estimate of drug-likeness (QED) is 0.672. The SMILES string of the molecule is Cc1cncc(CN=C(N)Nc2ccc3c(c2)OCCCO3)c1. The molecule has 6 heteroatoms. The van der Waals surface area contributed by atoms with Crippen LogP contribution in [0.1, 0.15) is 17.5 Å². The molecule has 0 unspecified atom stereocenters. The summed E-state index contributed by atoms with van der Waals surface area (Å²) < 4.78 is 11.3. The van der Waals surface area contributed by atoms with Gasteiger partial charge in [-0.05, 0) is 30.2 Å². The topological polar surface area (TPSA) is 81.8 Å². The molecule has 23 heavy (non-hydrogen) atoms. The second-order valence-corrected chi connectivity index (χ2v) is 5.41. The highest BCUT2D eigenvalue weighted by atomic mass is 16.5. The molecule has 0 bridgehead atoms. The maximum Gasteiger partial charge on any atom is 0.193 e. The predicted molar refractivity (Wildman–Crippen MR) is 90.0 cm³/mol. The molecular formula is C17H20N4O2. The van der Waals surface area contributed by atoms with Gasteiger partial charge in [-0.15, -0.1) is 0 Å². The Kier molecular flexibility index (Phi) is 4.61. The highest BCUT2D eigenvalue weighted by Gasteiger charge is 2.10. The lowest BCUT2D eigenvalue weighted by molar-refractivity contribution is 0.297. The number of nitrogens with one attached hydrogen (secondary N) is 1. The van der Waals surface area contributed by atoms with Gasteiger partial charge in [0.15, 0.2) is 17.5 Å². The third kappa shape index (κ3) is 4.12. The molecule has 0 saturated carbocycles. The molecule has 6 nitrogen and oxygen atoms in total. The molecule has 0 atom stereocenters. The maximum atomic E-state index is 5.94. The Hall–Kier alpha value is -2.76. The van der Waals surface area contributed by atoms with E-state index in [1.165, 1.54) is 0 Å². The lowest BCUT2D eigenvalue weighted by Crippen LogP contribution is -2.22. The second kappa shape index (κ2) is 7.00. The van der Waals surface area contributed by atoms with Crippen LogP contribution in [0.2, 0.25) is 0 Å². The first kappa shape index (κ1) is 15.1. The fraction of sp³-hybridized carbons (Fsp3) is 0.294. The van der Waals surface area contributed by atoms with E-state index in [1.807, 2.05) is 37.4 Å². The van der Waals surface area contributed by atoms with Crippen molar-refractivity contribution in [1.82, 2.24) is 4.98 Å².